The first-order chi connectivity index (χ1) is 9.51. The molecule has 1 N–H and O–H groups in total. The third-order valence-electron chi connectivity index (χ3n) is 3.46. The van der Waals surface area contributed by atoms with E-state index < -0.39 is 0 Å². The first-order valence-corrected chi connectivity index (χ1v) is 7.16. The fraction of sp³-hybridized carbons (Fsp3) is 0.533. The molecule has 4 nitrogen and oxygen atoms in total. The molecule has 0 aliphatic carbocycles. The van der Waals surface area contributed by atoms with E-state index in [1.807, 2.05) is 18.2 Å². The number of nitrogens with one attached hydrogen (secondary N) is 1. The highest BCUT2D eigenvalue weighted by Crippen LogP contribution is 2.31. The summed E-state index contributed by atoms with van der Waals surface area (Å²) in [5.41, 5.74) is 1.08. The molecule has 0 aromatic heterocycles. The number of benzene rings is 1. The molecule has 110 valence electrons. The minimum absolute atomic E-state index is 0.0298. The summed E-state index contributed by atoms with van der Waals surface area (Å²) in [7, 11) is 1.40. The summed E-state index contributed by atoms with van der Waals surface area (Å²) in [5, 5.41) is 3.82. The lowest BCUT2D eigenvalue weighted by molar-refractivity contribution is -0.142. The van der Waals surface area contributed by atoms with Crippen molar-refractivity contribution >= 4 is 17.6 Å². The number of hydrogen-bond donors (Lipinski definition) is 1. The first-order valence-electron chi connectivity index (χ1n) is 6.78. The standard InChI is InChI=1S/C15H20ClNO3/c1-9(2)12-6-10(16)4-5-14(12)20-11-7-13(17-8-11)15(18)19-3/h4-6,9,11,13,17H,7-8H2,1-3H3. The molecule has 0 radical (unpaired) electrons. The van der Waals surface area contributed by atoms with E-state index in [-0.39, 0.29) is 18.1 Å². The fourth-order valence-corrected chi connectivity index (χ4v) is 2.55. The highest BCUT2D eigenvalue weighted by atomic mass is 35.5. The predicted octanol–water partition coefficient (Wildman–Crippen LogP) is 2.75. The summed E-state index contributed by atoms with van der Waals surface area (Å²) >= 11 is 6.03. The van der Waals surface area contributed by atoms with E-state index in [4.69, 9.17) is 21.1 Å². The Morgan fingerprint density at radius 3 is 2.85 bits per heavy atom. The van der Waals surface area contributed by atoms with Crippen LogP contribution in [0.4, 0.5) is 0 Å². The zero-order valence-corrected chi connectivity index (χ0v) is 12.7. The molecule has 2 unspecified atom stereocenters. The Kier molecular flexibility index (Phi) is 4.89. The first kappa shape index (κ1) is 15.1. The van der Waals surface area contributed by atoms with Crippen molar-refractivity contribution in [1.29, 1.82) is 0 Å². The third kappa shape index (κ3) is 3.44. The van der Waals surface area contributed by atoms with E-state index >= 15 is 0 Å². The number of rotatable bonds is 4. The van der Waals surface area contributed by atoms with Gasteiger partial charge in [0.1, 0.15) is 17.9 Å². The number of carbonyl (C=O) groups is 1. The molecular formula is C15H20ClNO3. The molecule has 20 heavy (non-hydrogen) atoms. The summed E-state index contributed by atoms with van der Waals surface area (Å²) in [6.45, 7) is 4.84. The second kappa shape index (κ2) is 6.46. The molecule has 1 heterocycles. The number of ether oxygens (including phenoxy) is 2. The van der Waals surface area contributed by atoms with Crippen LogP contribution in [0.2, 0.25) is 5.02 Å². The summed E-state index contributed by atoms with van der Waals surface area (Å²) in [4.78, 5) is 11.5. The van der Waals surface area contributed by atoms with E-state index in [9.17, 15) is 4.79 Å². The second-order valence-corrected chi connectivity index (χ2v) is 5.73. The summed E-state index contributed by atoms with van der Waals surface area (Å²) in [6.07, 6.45) is 0.588. The van der Waals surface area contributed by atoms with E-state index in [0.29, 0.717) is 23.9 Å². The Hall–Kier alpha value is -1.26. The van der Waals surface area contributed by atoms with Crippen molar-refractivity contribution in [2.75, 3.05) is 13.7 Å². The smallest absolute Gasteiger partial charge is 0.323 e. The Morgan fingerprint density at radius 1 is 1.45 bits per heavy atom. The second-order valence-electron chi connectivity index (χ2n) is 5.30. The largest absolute Gasteiger partial charge is 0.489 e. The zero-order chi connectivity index (χ0) is 14.7. The van der Waals surface area contributed by atoms with Gasteiger partial charge in [0.15, 0.2) is 0 Å². The molecule has 0 saturated carbocycles. The lowest BCUT2D eigenvalue weighted by atomic mass is 10.0. The van der Waals surface area contributed by atoms with Crippen molar-refractivity contribution in [2.45, 2.75) is 38.3 Å². The maximum Gasteiger partial charge on any atom is 0.323 e. The maximum absolute atomic E-state index is 11.5. The monoisotopic (exact) mass is 297 g/mol. The highest BCUT2D eigenvalue weighted by Gasteiger charge is 2.31. The maximum atomic E-state index is 11.5. The average Bonchev–Trinajstić information content (AvgIpc) is 2.88. The van der Waals surface area contributed by atoms with Gasteiger partial charge >= 0.3 is 5.97 Å². The highest BCUT2D eigenvalue weighted by molar-refractivity contribution is 6.30. The van der Waals surface area contributed by atoms with E-state index in [1.54, 1.807) is 0 Å². The van der Waals surface area contributed by atoms with Crippen LogP contribution in [0, 0.1) is 0 Å². The van der Waals surface area contributed by atoms with Gasteiger partial charge in [-0.2, -0.15) is 0 Å². The average molecular weight is 298 g/mol. The predicted molar refractivity (Wildman–Crippen MR) is 78.4 cm³/mol. The third-order valence-corrected chi connectivity index (χ3v) is 3.70. The molecule has 1 fully saturated rings. The van der Waals surface area contributed by atoms with Gasteiger partial charge in [0.05, 0.1) is 7.11 Å². The molecule has 1 aliphatic heterocycles. The van der Waals surface area contributed by atoms with Gasteiger partial charge in [0.25, 0.3) is 0 Å². The lowest BCUT2D eigenvalue weighted by Gasteiger charge is -2.18. The number of carbonyl (C=O) groups excluding carboxylic acids is 1. The van der Waals surface area contributed by atoms with Crippen molar-refractivity contribution in [1.82, 2.24) is 5.32 Å². The van der Waals surface area contributed by atoms with Crippen molar-refractivity contribution in [2.24, 2.45) is 0 Å². The summed E-state index contributed by atoms with van der Waals surface area (Å²) < 4.78 is 10.8. The van der Waals surface area contributed by atoms with Gasteiger partial charge in [-0.15, -0.1) is 0 Å². The van der Waals surface area contributed by atoms with Gasteiger partial charge in [-0.1, -0.05) is 25.4 Å². The molecule has 0 spiro atoms. The number of hydrogen-bond acceptors (Lipinski definition) is 4. The molecule has 2 rings (SSSR count). The normalized spacial score (nSPS) is 22.1. The molecule has 0 bridgehead atoms. The Labute approximate surface area is 124 Å². The fourth-order valence-electron chi connectivity index (χ4n) is 2.37. The van der Waals surface area contributed by atoms with Crippen LogP contribution in [0.15, 0.2) is 18.2 Å². The van der Waals surface area contributed by atoms with Gasteiger partial charge in [-0.3, -0.25) is 4.79 Å². The van der Waals surface area contributed by atoms with Crippen molar-refractivity contribution in [3.05, 3.63) is 28.8 Å². The molecule has 1 aromatic rings. The van der Waals surface area contributed by atoms with Gasteiger partial charge in [-0.05, 0) is 29.7 Å². The van der Waals surface area contributed by atoms with Crippen LogP contribution >= 0.6 is 11.6 Å². The van der Waals surface area contributed by atoms with Gasteiger partial charge in [0.2, 0.25) is 0 Å². The molecule has 0 amide bonds. The van der Waals surface area contributed by atoms with Crippen LogP contribution in [-0.4, -0.2) is 31.8 Å². The molecule has 5 heteroatoms. The van der Waals surface area contributed by atoms with E-state index in [0.717, 1.165) is 11.3 Å². The molecule has 2 atom stereocenters. The van der Waals surface area contributed by atoms with Crippen LogP contribution < -0.4 is 10.1 Å². The molecule has 1 saturated heterocycles. The summed E-state index contributed by atoms with van der Waals surface area (Å²) in [6, 6.07) is 5.37. The van der Waals surface area contributed by atoms with Crippen LogP contribution in [0.25, 0.3) is 0 Å². The zero-order valence-electron chi connectivity index (χ0n) is 12.0. The van der Waals surface area contributed by atoms with Gasteiger partial charge in [0, 0.05) is 18.0 Å². The topological polar surface area (TPSA) is 47.6 Å². The lowest BCUT2D eigenvalue weighted by Crippen LogP contribution is -2.31. The minimum Gasteiger partial charge on any atom is -0.489 e. The number of methoxy groups -OCH3 is 1. The van der Waals surface area contributed by atoms with Crippen molar-refractivity contribution in [3.8, 4) is 5.75 Å². The van der Waals surface area contributed by atoms with Crippen molar-refractivity contribution < 1.29 is 14.3 Å². The summed E-state index contributed by atoms with van der Waals surface area (Å²) in [5.74, 6) is 0.924. The van der Waals surface area contributed by atoms with E-state index in [2.05, 4.69) is 19.2 Å². The minimum atomic E-state index is -0.278. The Balaban J connectivity index is 2.06. The van der Waals surface area contributed by atoms with Crippen LogP contribution in [-0.2, 0) is 9.53 Å². The Bertz CT molecular complexity index is 490. The molecule has 1 aliphatic rings. The van der Waals surface area contributed by atoms with Gasteiger partial charge < -0.3 is 14.8 Å². The Morgan fingerprint density at radius 2 is 2.20 bits per heavy atom. The molecular weight excluding hydrogens is 278 g/mol. The quantitative estimate of drug-likeness (QED) is 0.868. The number of halogens is 1. The van der Waals surface area contributed by atoms with Gasteiger partial charge in [-0.25, -0.2) is 0 Å². The van der Waals surface area contributed by atoms with E-state index in [1.165, 1.54) is 7.11 Å². The van der Waals surface area contributed by atoms with Crippen LogP contribution in [0.3, 0.4) is 0 Å². The number of esters is 1. The van der Waals surface area contributed by atoms with Crippen LogP contribution in [0.1, 0.15) is 31.7 Å². The van der Waals surface area contributed by atoms with Crippen LogP contribution in [0.5, 0.6) is 5.75 Å². The SMILES string of the molecule is COC(=O)C1CC(Oc2ccc(Cl)cc2C(C)C)CN1. The molecule has 1 aromatic carbocycles. The van der Waals surface area contributed by atoms with Crippen molar-refractivity contribution in [3.63, 3.8) is 0 Å².